The largest absolute Gasteiger partial charge is 0.496 e. The second kappa shape index (κ2) is 5.93. The molecule has 0 amide bonds. The molecule has 1 fully saturated rings. The van der Waals surface area contributed by atoms with Crippen LogP contribution in [0.5, 0.6) is 5.75 Å². The zero-order valence-electron chi connectivity index (χ0n) is 12.5. The van der Waals surface area contributed by atoms with Crippen LogP contribution in [-0.4, -0.2) is 7.11 Å². The van der Waals surface area contributed by atoms with Gasteiger partial charge in [0.15, 0.2) is 0 Å². The highest BCUT2D eigenvalue weighted by molar-refractivity contribution is 5.43. The minimum atomic E-state index is 0.259. The predicted molar refractivity (Wildman–Crippen MR) is 79.0 cm³/mol. The smallest absolute Gasteiger partial charge is 0.122 e. The molecule has 0 aromatic heterocycles. The van der Waals surface area contributed by atoms with Gasteiger partial charge in [-0.3, -0.25) is 11.3 Å². The molecule has 0 saturated heterocycles. The first-order valence-electron chi connectivity index (χ1n) is 7.18. The van der Waals surface area contributed by atoms with Gasteiger partial charge < -0.3 is 4.74 Å². The van der Waals surface area contributed by atoms with Crippen LogP contribution in [0.3, 0.4) is 0 Å². The number of aryl methyl sites for hydroxylation is 2. The van der Waals surface area contributed by atoms with Gasteiger partial charge in [-0.1, -0.05) is 19.4 Å². The van der Waals surface area contributed by atoms with Crippen LogP contribution in [0.2, 0.25) is 0 Å². The normalized spacial score (nSPS) is 24.5. The Morgan fingerprint density at radius 1 is 1.26 bits per heavy atom. The third-order valence-corrected chi connectivity index (χ3v) is 4.50. The van der Waals surface area contributed by atoms with Gasteiger partial charge in [0.25, 0.3) is 0 Å². The zero-order chi connectivity index (χ0) is 14.0. The molecule has 1 aromatic rings. The molecule has 0 spiro atoms. The molecule has 106 valence electrons. The van der Waals surface area contributed by atoms with Crippen LogP contribution in [-0.2, 0) is 0 Å². The summed E-state index contributed by atoms with van der Waals surface area (Å²) in [6.45, 7) is 6.56. The second-order valence-electron chi connectivity index (χ2n) is 6.00. The van der Waals surface area contributed by atoms with Crippen molar-refractivity contribution in [3.63, 3.8) is 0 Å². The molecule has 2 rings (SSSR count). The molecule has 1 aromatic carbocycles. The van der Waals surface area contributed by atoms with E-state index < -0.39 is 0 Å². The molecule has 0 radical (unpaired) electrons. The molecule has 3 heteroatoms. The first-order chi connectivity index (χ1) is 9.06. The highest BCUT2D eigenvalue weighted by atomic mass is 16.5. The van der Waals surface area contributed by atoms with Crippen LogP contribution < -0.4 is 16.0 Å². The number of nitrogens with one attached hydrogen (secondary N) is 1. The Labute approximate surface area is 116 Å². The Hall–Kier alpha value is -1.06. The van der Waals surface area contributed by atoms with E-state index in [0.29, 0.717) is 5.92 Å². The van der Waals surface area contributed by atoms with Crippen LogP contribution >= 0.6 is 0 Å². The Balaban J connectivity index is 2.30. The standard InChI is InChI=1S/C16H26N2O/c1-10-5-6-13(7-10)16(18-17)14-8-12(3)15(19-4)9-11(14)2/h8-10,13,16,18H,5-7,17H2,1-4H3. The molecule has 0 bridgehead atoms. The second-order valence-corrected chi connectivity index (χ2v) is 6.00. The number of methoxy groups -OCH3 is 1. The van der Waals surface area contributed by atoms with E-state index in [1.807, 2.05) is 0 Å². The van der Waals surface area contributed by atoms with Crippen LogP contribution in [0, 0.1) is 25.7 Å². The van der Waals surface area contributed by atoms with Crippen LogP contribution in [0.15, 0.2) is 12.1 Å². The van der Waals surface area contributed by atoms with Gasteiger partial charge in [-0.15, -0.1) is 0 Å². The van der Waals surface area contributed by atoms with Gasteiger partial charge in [0.05, 0.1) is 7.11 Å². The lowest BCUT2D eigenvalue weighted by atomic mass is 9.88. The lowest BCUT2D eigenvalue weighted by molar-refractivity contribution is 0.361. The van der Waals surface area contributed by atoms with E-state index in [2.05, 4.69) is 38.3 Å². The number of rotatable bonds is 4. The molecular weight excluding hydrogens is 236 g/mol. The van der Waals surface area contributed by atoms with Crippen LogP contribution in [0.4, 0.5) is 0 Å². The van der Waals surface area contributed by atoms with Crippen molar-refractivity contribution in [1.82, 2.24) is 5.43 Å². The summed E-state index contributed by atoms with van der Waals surface area (Å²) in [7, 11) is 1.72. The lowest BCUT2D eigenvalue weighted by Gasteiger charge is -2.26. The van der Waals surface area contributed by atoms with Gasteiger partial charge in [0, 0.05) is 6.04 Å². The molecule has 1 aliphatic carbocycles. The average Bonchev–Trinajstić information content (AvgIpc) is 2.80. The zero-order valence-corrected chi connectivity index (χ0v) is 12.5. The maximum atomic E-state index is 5.84. The summed E-state index contributed by atoms with van der Waals surface area (Å²) in [6.07, 6.45) is 3.84. The fourth-order valence-corrected chi connectivity index (χ4v) is 3.40. The van der Waals surface area contributed by atoms with E-state index in [-0.39, 0.29) is 6.04 Å². The summed E-state index contributed by atoms with van der Waals surface area (Å²) in [4.78, 5) is 0. The Morgan fingerprint density at radius 3 is 2.53 bits per heavy atom. The number of nitrogens with two attached hydrogens (primary N) is 1. The van der Waals surface area contributed by atoms with Crippen molar-refractivity contribution >= 4 is 0 Å². The van der Waals surface area contributed by atoms with Gasteiger partial charge in [0.1, 0.15) is 5.75 Å². The molecule has 3 nitrogen and oxygen atoms in total. The predicted octanol–water partition coefficient (Wildman–Crippen LogP) is 3.25. The van der Waals surface area contributed by atoms with Gasteiger partial charge in [-0.2, -0.15) is 0 Å². The molecule has 1 saturated carbocycles. The lowest BCUT2D eigenvalue weighted by Crippen LogP contribution is -2.33. The maximum absolute atomic E-state index is 5.84. The number of ether oxygens (including phenoxy) is 1. The highest BCUT2D eigenvalue weighted by Crippen LogP contribution is 2.40. The fourth-order valence-electron chi connectivity index (χ4n) is 3.40. The van der Waals surface area contributed by atoms with E-state index in [0.717, 1.165) is 11.7 Å². The number of benzene rings is 1. The minimum Gasteiger partial charge on any atom is -0.496 e. The van der Waals surface area contributed by atoms with Crippen molar-refractivity contribution in [2.24, 2.45) is 17.7 Å². The molecule has 0 aliphatic heterocycles. The summed E-state index contributed by atoms with van der Waals surface area (Å²) < 4.78 is 5.39. The van der Waals surface area contributed by atoms with Crippen molar-refractivity contribution in [3.8, 4) is 5.75 Å². The third kappa shape index (κ3) is 2.93. The Kier molecular flexibility index (Phi) is 4.48. The Morgan fingerprint density at radius 2 is 2.00 bits per heavy atom. The van der Waals surface area contributed by atoms with Crippen LogP contribution in [0.1, 0.15) is 48.9 Å². The molecule has 0 heterocycles. The minimum absolute atomic E-state index is 0.259. The number of hydrogen-bond acceptors (Lipinski definition) is 3. The molecule has 19 heavy (non-hydrogen) atoms. The third-order valence-electron chi connectivity index (χ3n) is 4.50. The van der Waals surface area contributed by atoms with Gasteiger partial charge in [0.2, 0.25) is 0 Å². The van der Waals surface area contributed by atoms with Crippen molar-refractivity contribution in [2.75, 3.05) is 7.11 Å². The topological polar surface area (TPSA) is 47.3 Å². The first-order valence-corrected chi connectivity index (χ1v) is 7.18. The van der Waals surface area contributed by atoms with Gasteiger partial charge in [-0.25, -0.2) is 0 Å². The summed E-state index contributed by atoms with van der Waals surface area (Å²) in [5.74, 6) is 8.26. The highest BCUT2D eigenvalue weighted by Gasteiger charge is 2.30. The van der Waals surface area contributed by atoms with Gasteiger partial charge >= 0.3 is 0 Å². The molecule has 3 atom stereocenters. The SMILES string of the molecule is COc1cc(C)c(C(NN)C2CCC(C)C2)cc1C. The Bertz CT molecular complexity index is 445. The van der Waals surface area contributed by atoms with Crippen molar-refractivity contribution in [3.05, 3.63) is 28.8 Å². The number of hydrazine groups is 1. The summed E-state index contributed by atoms with van der Waals surface area (Å²) >= 11 is 0. The maximum Gasteiger partial charge on any atom is 0.122 e. The monoisotopic (exact) mass is 262 g/mol. The van der Waals surface area contributed by atoms with Crippen molar-refractivity contribution in [1.29, 1.82) is 0 Å². The van der Waals surface area contributed by atoms with Gasteiger partial charge in [-0.05, 0) is 61.3 Å². The van der Waals surface area contributed by atoms with E-state index in [1.165, 1.54) is 36.0 Å². The van der Waals surface area contributed by atoms with Crippen LogP contribution in [0.25, 0.3) is 0 Å². The quantitative estimate of drug-likeness (QED) is 0.647. The average molecular weight is 262 g/mol. The number of hydrogen-bond donors (Lipinski definition) is 2. The van der Waals surface area contributed by atoms with Crippen molar-refractivity contribution in [2.45, 2.75) is 46.1 Å². The summed E-state index contributed by atoms with van der Waals surface area (Å²) in [6, 6.07) is 4.60. The molecular formula is C16H26N2O. The molecule has 3 unspecified atom stereocenters. The van der Waals surface area contributed by atoms with E-state index in [1.54, 1.807) is 7.11 Å². The summed E-state index contributed by atoms with van der Waals surface area (Å²) in [5, 5.41) is 0. The molecule has 1 aliphatic rings. The first kappa shape index (κ1) is 14.4. The summed E-state index contributed by atoms with van der Waals surface area (Å²) in [5.41, 5.74) is 6.79. The van der Waals surface area contributed by atoms with Crippen molar-refractivity contribution < 1.29 is 4.74 Å². The fraction of sp³-hybridized carbons (Fsp3) is 0.625. The van der Waals surface area contributed by atoms with E-state index >= 15 is 0 Å². The molecule has 3 N–H and O–H groups in total. The van der Waals surface area contributed by atoms with E-state index in [9.17, 15) is 0 Å². The van der Waals surface area contributed by atoms with E-state index in [4.69, 9.17) is 10.6 Å².